The predicted molar refractivity (Wildman–Crippen MR) is 49.1 cm³/mol. The minimum absolute atomic E-state index is 0.443. The van der Waals surface area contributed by atoms with Crippen molar-refractivity contribution >= 4 is 0 Å². The fourth-order valence-corrected chi connectivity index (χ4v) is 2.01. The summed E-state index contributed by atoms with van der Waals surface area (Å²) in [6.07, 6.45) is 2.74. The van der Waals surface area contributed by atoms with E-state index < -0.39 is 0 Å². The lowest BCUT2D eigenvalue weighted by molar-refractivity contribution is -0.101. The van der Waals surface area contributed by atoms with Crippen molar-refractivity contribution in [2.75, 3.05) is 19.8 Å². The Morgan fingerprint density at radius 3 is 2.50 bits per heavy atom. The van der Waals surface area contributed by atoms with E-state index >= 15 is 0 Å². The zero-order chi connectivity index (χ0) is 8.60. The van der Waals surface area contributed by atoms with Crippen LogP contribution in [0.4, 0.5) is 0 Å². The van der Waals surface area contributed by atoms with Crippen molar-refractivity contribution < 1.29 is 4.74 Å². The van der Waals surface area contributed by atoms with Gasteiger partial charge in [0.2, 0.25) is 0 Å². The lowest BCUT2D eigenvalue weighted by Gasteiger charge is -2.42. The largest absolute Gasteiger partial charge is 0.380 e. The molecule has 1 aliphatic heterocycles. The van der Waals surface area contributed by atoms with Gasteiger partial charge in [0.1, 0.15) is 0 Å². The fourth-order valence-electron chi connectivity index (χ4n) is 2.01. The molecule has 2 nitrogen and oxygen atoms in total. The molecule has 70 valence electrons. The van der Waals surface area contributed by atoms with Crippen LogP contribution in [0.2, 0.25) is 0 Å². The molecule has 2 heteroatoms. The number of ether oxygens (including phenoxy) is 1. The number of hydrogen-bond donors (Lipinski definition) is 1. The Morgan fingerprint density at radius 1 is 1.42 bits per heavy atom. The van der Waals surface area contributed by atoms with Crippen LogP contribution in [0.25, 0.3) is 0 Å². The van der Waals surface area contributed by atoms with Crippen molar-refractivity contribution in [2.45, 2.75) is 32.7 Å². The number of rotatable bonds is 3. The molecule has 0 amide bonds. The molecule has 1 saturated heterocycles. The molecule has 1 aliphatic carbocycles. The first kappa shape index (κ1) is 8.52. The molecule has 0 spiro atoms. The van der Waals surface area contributed by atoms with Crippen LogP contribution in [0, 0.1) is 11.3 Å². The van der Waals surface area contributed by atoms with Gasteiger partial charge in [0.15, 0.2) is 0 Å². The average Bonchev–Trinajstić information content (AvgIpc) is 1.92. The van der Waals surface area contributed by atoms with E-state index in [9.17, 15) is 0 Å². The smallest absolute Gasteiger partial charge is 0.0554 e. The summed E-state index contributed by atoms with van der Waals surface area (Å²) in [7, 11) is 0. The number of nitrogens with one attached hydrogen (secondary N) is 1. The SMILES string of the molecule is CC1CC(NCC2(C)COC2)C1. The van der Waals surface area contributed by atoms with Crippen LogP contribution < -0.4 is 5.32 Å². The summed E-state index contributed by atoms with van der Waals surface area (Å²) in [5.41, 5.74) is 0.443. The van der Waals surface area contributed by atoms with E-state index in [1.807, 2.05) is 0 Å². The van der Waals surface area contributed by atoms with E-state index in [2.05, 4.69) is 19.2 Å². The minimum Gasteiger partial charge on any atom is -0.380 e. The first-order valence-corrected chi connectivity index (χ1v) is 4.99. The summed E-state index contributed by atoms with van der Waals surface area (Å²) in [5.74, 6) is 0.952. The van der Waals surface area contributed by atoms with Gasteiger partial charge in [0.25, 0.3) is 0 Å². The Morgan fingerprint density at radius 2 is 2.08 bits per heavy atom. The van der Waals surface area contributed by atoms with Gasteiger partial charge in [-0.2, -0.15) is 0 Å². The van der Waals surface area contributed by atoms with Gasteiger partial charge >= 0.3 is 0 Å². The molecule has 0 aromatic rings. The topological polar surface area (TPSA) is 21.3 Å². The second-order valence-electron chi connectivity index (χ2n) is 4.96. The van der Waals surface area contributed by atoms with Crippen molar-refractivity contribution in [2.24, 2.45) is 11.3 Å². The maximum absolute atomic E-state index is 5.20. The fraction of sp³-hybridized carbons (Fsp3) is 1.00. The highest BCUT2D eigenvalue weighted by molar-refractivity contribution is 4.88. The summed E-state index contributed by atoms with van der Waals surface area (Å²) in [6, 6.07) is 0.803. The molecule has 2 aliphatic rings. The first-order chi connectivity index (χ1) is 5.68. The van der Waals surface area contributed by atoms with Gasteiger partial charge in [-0.15, -0.1) is 0 Å². The Hall–Kier alpha value is -0.0800. The summed E-state index contributed by atoms with van der Waals surface area (Å²) >= 11 is 0. The zero-order valence-electron chi connectivity index (χ0n) is 8.10. The zero-order valence-corrected chi connectivity index (χ0v) is 8.10. The van der Waals surface area contributed by atoms with Gasteiger partial charge < -0.3 is 10.1 Å². The molecule has 0 radical (unpaired) electrons. The molecule has 2 rings (SSSR count). The maximum atomic E-state index is 5.20. The van der Waals surface area contributed by atoms with Crippen molar-refractivity contribution in [3.63, 3.8) is 0 Å². The van der Waals surface area contributed by atoms with E-state index in [4.69, 9.17) is 4.74 Å². The van der Waals surface area contributed by atoms with Crippen molar-refractivity contribution in [3.05, 3.63) is 0 Å². The van der Waals surface area contributed by atoms with Crippen LogP contribution in [0.3, 0.4) is 0 Å². The second-order valence-corrected chi connectivity index (χ2v) is 4.96. The molecular formula is C10H19NO. The molecular weight excluding hydrogens is 150 g/mol. The molecule has 0 aromatic carbocycles. The molecule has 1 N–H and O–H groups in total. The molecule has 2 fully saturated rings. The van der Waals surface area contributed by atoms with E-state index in [0.717, 1.165) is 31.7 Å². The molecule has 0 aromatic heterocycles. The Kier molecular flexibility index (Phi) is 2.13. The van der Waals surface area contributed by atoms with E-state index in [1.54, 1.807) is 0 Å². The third-order valence-corrected chi connectivity index (χ3v) is 3.09. The average molecular weight is 169 g/mol. The van der Waals surface area contributed by atoms with Gasteiger partial charge in [-0.3, -0.25) is 0 Å². The van der Waals surface area contributed by atoms with Crippen LogP contribution in [-0.2, 0) is 4.74 Å². The highest BCUT2D eigenvalue weighted by atomic mass is 16.5. The second kappa shape index (κ2) is 3.00. The highest BCUT2D eigenvalue weighted by Crippen LogP contribution is 2.29. The van der Waals surface area contributed by atoms with Crippen LogP contribution in [0.1, 0.15) is 26.7 Å². The van der Waals surface area contributed by atoms with Crippen molar-refractivity contribution in [1.29, 1.82) is 0 Å². The van der Waals surface area contributed by atoms with Crippen LogP contribution in [0.5, 0.6) is 0 Å². The van der Waals surface area contributed by atoms with E-state index in [1.165, 1.54) is 12.8 Å². The normalized spacial score (nSPS) is 38.5. The third kappa shape index (κ3) is 1.64. The molecule has 1 heterocycles. The minimum atomic E-state index is 0.443. The number of hydrogen-bond acceptors (Lipinski definition) is 2. The van der Waals surface area contributed by atoms with Crippen molar-refractivity contribution in [3.8, 4) is 0 Å². The standard InChI is InChI=1S/C10H19NO/c1-8-3-9(4-8)11-5-10(2)6-12-7-10/h8-9,11H,3-7H2,1-2H3. The third-order valence-electron chi connectivity index (χ3n) is 3.09. The monoisotopic (exact) mass is 169 g/mol. The lowest BCUT2D eigenvalue weighted by atomic mass is 9.80. The summed E-state index contributed by atoms with van der Waals surface area (Å²) in [6.45, 7) is 7.66. The predicted octanol–water partition coefficient (Wildman–Crippen LogP) is 1.41. The Bertz CT molecular complexity index is 159. The summed E-state index contributed by atoms with van der Waals surface area (Å²) in [5, 5.41) is 3.61. The van der Waals surface area contributed by atoms with Gasteiger partial charge in [-0.1, -0.05) is 13.8 Å². The summed E-state index contributed by atoms with van der Waals surface area (Å²) in [4.78, 5) is 0. The summed E-state index contributed by atoms with van der Waals surface area (Å²) < 4.78 is 5.20. The first-order valence-electron chi connectivity index (χ1n) is 4.99. The van der Waals surface area contributed by atoms with E-state index in [-0.39, 0.29) is 0 Å². The van der Waals surface area contributed by atoms with E-state index in [0.29, 0.717) is 5.41 Å². The van der Waals surface area contributed by atoms with Gasteiger partial charge in [0.05, 0.1) is 13.2 Å². The molecule has 0 atom stereocenters. The van der Waals surface area contributed by atoms with Crippen LogP contribution in [-0.4, -0.2) is 25.8 Å². The quantitative estimate of drug-likeness (QED) is 0.689. The molecule has 0 bridgehead atoms. The molecule has 1 saturated carbocycles. The Labute approximate surface area is 74.7 Å². The van der Waals surface area contributed by atoms with Gasteiger partial charge in [0, 0.05) is 18.0 Å². The van der Waals surface area contributed by atoms with Gasteiger partial charge in [-0.25, -0.2) is 0 Å². The lowest BCUT2D eigenvalue weighted by Crippen LogP contribution is -2.51. The van der Waals surface area contributed by atoms with Crippen LogP contribution >= 0.6 is 0 Å². The molecule has 0 unspecified atom stereocenters. The maximum Gasteiger partial charge on any atom is 0.0554 e. The van der Waals surface area contributed by atoms with Crippen molar-refractivity contribution in [1.82, 2.24) is 5.32 Å². The van der Waals surface area contributed by atoms with Crippen LogP contribution in [0.15, 0.2) is 0 Å². The van der Waals surface area contributed by atoms with Gasteiger partial charge in [-0.05, 0) is 18.8 Å². The Balaban J connectivity index is 1.62. The highest BCUT2D eigenvalue weighted by Gasteiger charge is 2.35. The molecule has 12 heavy (non-hydrogen) atoms.